The lowest BCUT2D eigenvalue weighted by Crippen LogP contribution is -2.47. The van der Waals surface area contributed by atoms with Crippen LogP contribution in [0.15, 0.2) is 0 Å². The highest BCUT2D eigenvalue weighted by atomic mass is 35.5. The second kappa shape index (κ2) is 9.21. The fraction of sp³-hybridized carbons (Fsp3) is 0.889. The van der Waals surface area contributed by atoms with Crippen molar-refractivity contribution in [2.75, 3.05) is 39.8 Å². The van der Waals surface area contributed by atoms with Crippen molar-refractivity contribution >= 4 is 30.7 Å². The smallest absolute Gasteiger partial charge is 0.222 e. The SMILES string of the molecule is CN1CCN(C(=O)CCCN)CC1.Cl.Cl. The van der Waals surface area contributed by atoms with E-state index >= 15 is 0 Å². The van der Waals surface area contributed by atoms with Crippen LogP contribution < -0.4 is 5.73 Å². The molecule has 0 aliphatic carbocycles. The molecule has 0 radical (unpaired) electrons. The maximum absolute atomic E-state index is 11.5. The molecule has 1 aliphatic rings. The van der Waals surface area contributed by atoms with Gasteiger partial charge in [0.15, 0.2) is 0 Å². The van der Waals surface area contributed by atoms with Crippen molar-refractivity contribution in [3.05, 3.63) is 0 Å². The lowest BCUT2D eigenvalue weighted by molar-refractivity contribution is -0.132. The van der Waals surface area contributed by atoms with E-state index < -0.39 is 0 Å². The number of likely N-dealkylation sites (N-methyl/N-ethyl adjacent to an activating group) is 1. The van der Waals surface area contributed by atoms with E-state index in [1.807, 2.05) is 4.90 Å². The Kier molecular flexibility index (Phi) is 10.7. The number of piperazine rings is 1. The summed E-state index contributed by atoms with van der Waals surface area (Å²) in [5.41, 5.74) is 5.35. The number of nitrogens with zero attached hydrogens (tertiary/aromatic N) is 2. The lowest BCUT2D eigenvalue weighted by atomic mass is 10.2. The Morgan fingerprint density at radius 2 is 1.73 bits per heavy atom. The molecule has 0 spiro atoms. The van der Waals surface area contributed by atoms with E-state index in [1.54, 1.807) is 0 Å². The van der Waals surface area contributed by atoms with Gasteiger partial charge in [-0.25, -0.2) is 0 Å². The van der Waals surface area contributed by atoms with Gasteiger partial charge in [0.25, 0.3) is 0 Å². The summed E-state index contributed by atoms with van der Waals surface area (Å²) in [6.07, 6.45) is 1.42. The molecule has 1 amide bonds. The molecule has 1 rings (SSSR count). The molecule has 1 saturated heterocycles. The van der Waals surface area contributed by atoms with Gasteiger partial charge in [-0.15, -0.1) is 24.8 Å². The molecule has 0 unspecified atom stereocenters. The summed E-state index contributed by atoms with van der Waals surface area (Å²) < 4.78 is 0. The molecule has 92 valence electrons. The minimum Gasteiger partial charge on any atom is -0.340 e. The second-order valence-electron chi connectivity index (χ2n) is 3.58. The van der Waals surface area contributed by atoms with Gasteiger partial charge in [-0.05, 0) is 20.0 Å². The molecule has 6 heteroatoms. The van der Waals surface area contributed by atoms with Gasteiger partial charge in [0.1, 0.15) is 0 Å². The minimum absolute atomic E-state index is 0. The van der Waals surface area contributed by atoms with Gasteiger partial charge >= 0.3 is 0 Å². The summed E-state index contributed by atoms with van der Waals surface area (Å²) in [5.74, 6) is 0.263. The standard InChI is InChI=1S/C9H19N3O.2ClH/c1-11-5-7-12(8-6-11)9(13)3-2-4-10;;/h2-8,10H2,1H3;2*1H. The van der Waals surface area contributed by atoms with Crippen molar-refractivity contribution in [1.82, 2.24) is 9.80 Å². The van der Waals surface area contributed by atoms with Crippen molar-refractivity contribution in [3.63, 3.8) is 0 Å². The first kappa shape index (κ1) is 17.4. The summed E-state index contributed by atoms with van der Waals surface area (Å²) in [6, 6.07) is 0. The summed E-state index contributed by atoms with van der Waals surface area (Å²) in [4.78, 5) is 15.7. The average molecular weight is 258 g/mol. The summed E-state index contributed by atoms with van der Waals surface area (Å²) >= 11 is 0. The van der Waals surface area contributed by atoms with Crippen molar-refractivity contribution < 1.29 is 4.79 Å². The lowest BCUT2D eigenvalue weighted by Gasteiger charge is -2.32. The Labute approximate surface area is 104 Å². The first-order chi connectivity index (χ1) is 6.24. The fourth-order valence-electron chi connectivity index (χ4n) is 1.47. The molecule has 2 N–H and O–H groups in total. The zero-order chi connectivity index (χ0) is 9.68. The Morgan fingerprint density at radius 1 is 1.20 bits per heavy atom. The number of carbonyl (C=O) groups is 1. The molecular formula is C9H21Cl2N3O. The van der Waals surface area contributed by atoms with E-state index in [0.717, 1.165) is 32.6 Å². The number of nitrogens with two attached hydrogens (primary N) is 1. The van der Waals surface area contributed by atoms with Crippen LogP contribution in [-0.2, 0) is 4.79 Å². The quantitative estimate of drug-likeness (QED) is 0.794. The van der Waals surface area contributed by atoms with Crippen LogP contribution in [0.4, 0.5) is 0 Å². The van der Waals surface area contributed by atoms with Crippen LogP contribution in [0.1, 0.15) is 12.8 Å². The fourth-order valence-corrected chi connectivity index (χ4v) is 1.47. The summed E-state index contributed by atoms with van der Waals surface area (Å²) in [5, 5.41) is 0. The molecule has 0 aromatic rings. The van der Waals surface area contributed by atoms with E-state index in [9.17, 15) is 4.79 Å². The largest absolute Gasteiger partial charge is 0.340 e. The van der Waals surface area contributed by atoms with Gasteiger partial charge in [0.2, 0.25) is 5.91 Å². The molecule has 1 heterocycles. The number of hydrogen-bond acceptors (Lipinski definition) is 3. The van der Waals surface area contributed by atoms with Crippen LogP contribution >= 0.6 is 24.8 Å². The van der Waals surface area contributed by atoms with Gasteiger partial charge in [0.05, 0.1) is 0 Å². The molecule has 15 heavy (non-hydrogen) atoms. The van der Waals surface area contributed by atoms with Crippen molar-refractivity contribution in [2.24, 2.45) is 5.73 Å². The van der Waals surface area contributed by atoms with Crippen molar-refractivity contribution in [1.29, 1.82) is 0 Å². The van der Waals surface area contributed by atoms with Crippen molar-refractivity contribution in [3.8, 4) is 0 Å². The zero-order valence-corrected chi connectivity index (χ0v) is 10.8. The highest BCUT2D eigenvalue weighted by Gasteiger charge is 2.17. The number of hydrogen-bond donors (Lipinski definition) is 1. The van der Waals surface area contributed by atoms with Gasteiger partial charge in [-0.3, -0.25) is 4.79 Å². The van der Waals surface area contributed by atoms with E-state index in [2.05, 4.69) is 11.9 Å². The number of rotatable bonds is 3. The molecule has 0 atom stereocenters. The van der Waals surface area contributed by atoms with Gasteiger partial charge in [-0.1, -0.05) is 0 Å². The van der Waals surface area contributed by atoms with Gasteiger partial charge < -0.3 is 15.5 Å². The van der Waals surface area contributed by atoms with Crippen molar-refractivity contribution in [2.45, 2.75) is 12.8 Å². The summed E-state index contributed by atoms with van der Waals surface area (Å²) in [6.45, 7) is 4.35. The third-order valence-corrected chi connectivity index (χ3v) is 2.45. The Hall–Kier alpha value is -0.0300. The first-order valence-electron chi connectivity index (χ1n) is 4.90. The van der Waals surface area contributed by atoms with Gasteiger partial charge in [0, 0.05) is 32.6 Å². The van der Waals surface area contributed by atoms with Gasteiger partial charge in [-0.2, -0.15) is 0 Å². The maximum Gasteiger partial charge on any atom is 0.222 e. The molecule has 1 fully saturated rings. The predicted molar refractivity (Wildman–Crippen MR) is 66.9 cm³/mol. The third-order valence-electron chi connectivity index (χ3n) is 2.45. The minimum atomic E-state index is 0. The monoisotopic (exact) mass is 257 g/mol. The van der Waals surface area contributed by atoms with Crippen LogP contribution in [0.5, 0.6) is 0 Å². The van der Waals surface area contributed by atoms with Crippen LogP contribution in [0, 0.1) is 0 Å². The molecule has 0 bridgehead atoms. The van der Waals surface area contributed by atoms with E-state index in [4.69, 9.17) is 5.73 Å². The molecular weight excluding hydrogens is 237 g/mol. The van der Waals surface area contributed by atoms with E-state index in [-0.39, 0.29) is 30.7 Å². The summed E-state index contributed by atoms with van der Waals surface area (Å²) in [7, 11) is 2.09. The highest BCUT2D eigenvalue weighted by Crippen LogP contribution is 2.02. The highest BCUT2D eigenvalue weighted by molar-refractivity contribution is 5.85. The Balaban J connectivity index is 0. The number of halogens is 2. The molecule has 1 aliphatic heterocycles. The Morgan fingerprint density at radius 3 is 2.20 bits per heavy atom. The normalized spacial score (nSPS) is 16.5. The second-order valence-corrected chi connectivity index (χ2v) is 3.58. The average Bonchev–Trinajstić information content (AvgIpc) is 2.15. The number of carbonyl (C=O) groups excluding carboxylic acids is 1. The molecule has 0 saturated carbocycles. The molecule has 4 nitrogen and oxygen atoms in total. The van der Waals surface area contributed by atoms with E-state index in [1.165, 1.54) is 0 Å². The van der Waals surface area contributed by atoms with E-state index in [0.29, 0.717) is 13.0 Å². The maximum atomic E-state index is 11.5. The predicted octanol–water partition coefficient (Wildman–Crippen LogP) is 0.343. The third kappa shape index (κ3) is 6.20. The van der Waals surface area contributed by atoms with Crippen LogP contribution in [0.3, 0.4) is 0 Å². The molecule has 0 aromatic heterocycles. The topological polar surface area (TPSA) is 49.6 Å². The first-order valence-corrected chi connectivity index (χ1v) is 4.90. The number of amides is 1. The zero-order valence-electron chi connectivity index (χ0n) is 9.15. The van der Waals surface area contributed by atoms with Crippen LogP contribution in [0.2, 0.25) is 0 Å². The molecule has 0 aromatic carbocycles. The Bertz CT molecular complexity index is 173. The van der Waals surface area contributed by atoms with Crippen LogP contribution in [0.25, 0.3) is 0 Å². The van der Waals surface area contributed by atoms with Crippen LogP contribution in [-0.4, -0.2) is 55.5 Å².